The average Bonchev–Trinajstić information content (AvgIpc) is 2.86. The van der Waals surface area contributed by atoms with E-state index in [9.17, 15) is 0 Å². The minimum absolute atomic E-state index is 0.909. The Balaban J connectivity index is 1.47. The van der Waals surface area contributed by atoms with Gasteiger partial charge in [0.25, 0.3) is 0 Å². The molecule has 1 fully saturated rings. The van der Waals surface area contributed by atoms with Crippen LogP contribution in [0.25, 0.3) is 0 Å². The first kappa shape index (κ1) is 13.7. The molecule has 1 saturated carbocycles. The topological polar surface area (TPSA) is 0 Å². The van der Waals surface area contributed by atoms with E-state index in [0.29, 0.717) is 0 Å². The normalized spacial score (nSPS) is 24.4. The predicted octanol–water partition coefficient (Wildman–Crippen LogP) is 6.23. The lowest BCUT2D eigenvalue weighted by atomic mass is 9.89. The van der Waals surface area contributed by atoms with Crippen LogP contribution in [0.5, 0.6) is 0 Å². The van der Waals surface area contributed by atoms with E-state index < -0.39 is 0 Å². The first-order valence-corrected chi connectivity index (χ1v) is 9.29. The van der Waals surface area contributed by atoms with E-state index in [1.165, 1.54) is 70.6 Å². The molecule has 1 heterocycles. The fourth-order valence-corrected chi connectivity index (χ4v) is 5.43. The summed E-state index contributed by atoms with van der Waals surface area (Å²) < 4.78 is 0. The van der Waals surface area contributed by atoms with Crippen molar-refractivity contribution < 1.29 is 0 Å². The molecule has 0 nitrogen and oxygen atoms in total. The summed E-state index contributed by atoms with van der Waals surface area (Å²) >= 11 is 2.01. The smallest absolute Gasteiger partial charge is 0.00829 e. The van der Waals surface area contributed by atoms with Crippen molar-refractivity contribution >= 4 is 11.3 Å². The van der Waals surface area contributed by atoms with Gasteiger partial charge in [0.1, 0.15) is 0 Å². The van der Waals surface area contributed by atoms with Crippen molar-refractivity contribution in [1.82, 2.24) is 0 Å². The van der Waals surface area contributed by atoms with E-state index >= 15 is 0 Å². The van der Waals surface area contributed by atoms with Crippen LogP contribution in [-0.2, 0) is 6.42 Å². The minimum Gasteiger partial charge on any atom is -0.148 e. The van der Waals surface area contributed by atoms with Crippen molar-refractivity contribution in [1.29, 1.82) is 0 Å². The van der Waals surface area contributed by atoms with Gasteiger partial charge < -0.3 is 0 Å². The largest absolute Gasteiger partial charge is 0.148 e. The van der Waals surface area contributed by atoms with Crippen molar-refractivity contribution in [2.45, 2.75) is 83.5 Å². The second-order valence-corrected chi connectivity index (χ2v) is 7.74. The van der Waals surface area contributed by atoms with Crippen molar-refractivity contribution in [2.24, 2.45) is 5.92 Å². The summed E-state index contributed by atoms with van der Waals surface area (Å²) in [7, 11) is 0. The lowest BCUT2D eigenvalue weighted by Crippen LogP contribution is -2.01. The van der Waals surface area contributed by atoms with Gasteiger partial charge >= 0.3 is 0 Å². The molecule has 1 heteroatoms. The fourth-order valence-electron chi connectivity index (χ4n) is 4.29. The predicted molar refractivity (Wildman–Crippen MR) is 85.2 cm³/mol. The van der Waals surface area contributed by atoms with Gasteiger partial charge in [-0.05, 0) is 54.5 Å². The minimum atomic E-state index is 0.909. The molecule has 0 radical (unpaired) electrons. The van der Waals surface area contributed by atoms with Crippen LogP contribution in [0, 0.1) is 12.8 Å². The SMILES string of the molecule is Cc1csc2c1C(CCCC1CCCCCC1)CC2. The van der Waals surface area contributed by atoms with E-state index in [0.717, 1.165) is 11.8 Å². The van der Waals surface area contributed by atoms with Gasteiger partial charge in [0.05, 0.1) is 0 Å². The standard InChI is InChI=1S/C18H28S/c1-14-13-19-17-12-11-16(18(14)17)10-6-9-15-7-4-2-3-5-8-15/h13,15-16H,2-12H2,1H3. The van der Waals surface area contributed by atoms with E-state index in [-0.39, 0.29) is 0 Å². The van der Waals surface area contributed by atoms with Crippen LogP contribution in [-0.4, -0.2) is 0 Å². The molecule has 1 aromatic rings. The summed E-state index contributed by atoms with van der Waals surface area (Å²) in [4.78, 5) is 1.71. The molecule has 0 aliphatic heterocycles. The molecule has 1 unspecified atom stereocenters. The summed E-state index contributed by atoms with van der Waals surface area (Å²) in [5.74, 6) is 1.97. The van der Waals surface area contributed by atoms with Crippen molar-refractivity contribution in [3.05, 3.63) is 21.4 Å². The first-order valence-electron chi connectivity index (χ1n) is 8.41. The molecule has 106 valence electrons. The van der Waals surface area contributed by atoms with Crippen LogP contribution in [0.3, 0.4) is 0 Å². The Morgan fingerprint density at radius 3 is 2.63 bits per heavy atom. The molecule has 1 atom stereocenters. The lowest BCUT2D eigenvalue weighted by molar-refractivity contribution is 0.399. The zero-order valence-corrected chi connectivity index (χ0v) is 13.2. The quantitative estimate of drug-likeness (QED) is 0.572. The third-order valence-corrected chi connectivity index (χ3v) is 6.55. The second kappa shape index (κ2) is 6.43. The van der Waals surface area contributed by atoms with Crippen molar-refractivity contribution in [2.75, 3.05) is 0 Å². The highest BCUT2D eigenvalue weighted by Crippen LogP contribution is 2.42. The van der Waals surface area contributed by atoms with Gasteiger partial charge in [0, 0.05) is 4.88 Å². The molecule has 0 N–H and O–H groups in total. The molecule has 0 saturated heterocycles. The van der Waals surface area contributed by atoms with E-state index in [1.54, 1.807) is 16.0 Å². The monoisotopic (exact) mass is 276 g/mol. The Morgan fingerprint density at radius 2 is 1.84 bits per heavy atom. The van der Waals surface area contributed by atoms with Crippen LogP contribution < -0.4 is 0 Å². The molecule has 0 bridgehead atoms. The molecule has 0 spiro atoms. The van der Waals surface area contributed by atoms with Crippen LogP contribution >= 0.6 is 11.3 Å². The van der Waals surface area contributed by atoms with Crippen LogP contribution in [0.2, 0.25) is 0 Å². The zero-order valence-electron chi connectivity index (χ0n) is 12.4. The summed E-state index contributed by atoms with van der Waals surface area (Å²) in [6.45, 7) is 2.32. The Hall–Kier alpha value is -0.300. The molecule has 2 aliphatic rings. The number of rotatable bonds is 4. The summed E-state index contributed by atoms with van der Waals surface area (Å²) in [5.41, 5.74) is 3.34. The highest BCUT2D eigenvalue weighted by atomic mass is 32.1. The van der Waals surface area contributed by atoms with E-state index in [4.69, 9.17) is 0 Å². The second-order valence-electron chi connectivity index (χ2n) is 6.78. The number of fused-ring (bicyclic) bond motifs is 1. The van der Waals surface area contributed by atoms with Crippen LogP contribution in [0.1, 0.15) is 86.1 Å². The third kappa shape index (κ3) is 3.24. The Labute approximate surface area is 122 Å². The highest BCUT2D eigenvalue weighted by molar-refractivity contribution is 7.10. The van der Waals surface area contributed by atoms with Gasteiger partial charge in [-0.3, -0.25) is 0 Å². The molecule has 0 aromatic carbocycles. The maximum Gasteiger partial charge on any atom is 0.00829 e. The molecule has 2 aliphatic carbocycles. The van der Waals surface area contributed by atoms with Crippen LogP contribution in [0.15, 0.2) is 5.38 Å². The number of thiophene rings is 1. The van der Waals surface area contributed by atoms with Gasteiger partial charge in [-0.1, -0.05) is 51.4 Å². The van der Waals surface area contributed by atoms with Crippen molar-refractivity contribution in [3.63, 3.8) is 0 Å². The Morgan fingerprint density at radius 1 is 1.05 bits per heavy atom. The van der Waals surface area contributed by atoms with Gasteiger partial charge in [-0.25, -0.2) is 0 Å². The number of hydrogen-bond donors (Lipinski definition) is 0. The Bertz CT molecular complexity index is 396. The fraction of sp³-hybridized carbons (Fsp3) is 0.778. The third-order valence-electron chi connectivity index (χ3n) is 5.37. The molecular formula is C18H28S. The van der Waals surface area contributed by atoms with Gasteiger partial charge in [-0.2, -0.15) is 0 Å². The number of aryl methyl sites for hydroxylation is 2. The maximum absolute atomic E-state index is 2.38. The maximum atomic E-state index is 2.38. The first-order chi connectivity index (χ1) is 9.34. The molecule has 1 aromatic heterocycles. The van der Waals surface area contributed by atoms with Crippen molar-refractivity contribution in [3.8, 4) is 0 Å². The number of hydrogen-bond acceptors (Lipinski definition) is 1. The zero-order chi connectivity index (χ0) is 13.1. The molecule has 0 amide bonds. The van der Waals surface area contributed by atoms with Gasteiger partial charge in [-0.15, -0.1) is 11.3 Å². The molecule has 3 rings (SSSR count). The van der Waals surface area contributed by atoms with E-state index in [2.05, 4.69) is 12.3 Å². The summed E-state index contributed by atoms with van der Waals surface area (Å²) in [6, 6.07) is 0. The van der Waals surface area contributed by atoms with Gasteiger partial charge in [0.2, 0.25) is 0 Å². The average molecular weight is 276 g/mol. The van der Waals surface area contributed by atoms with E-state index in [1.807, 2.05) is 11.3 Å². The Kier molecular flexibility index (Phi) is 4.63. The summed E-state index contributed by atoms with van der Waals surface area (Å²) in [6.07, 6.45) is 16.3. The molecular weight excluding hydrogens is 248 g/mol. The molecule has 19 heavy (non-hydrogen) atoms. The lowest BCUT2D eigenvalue weighted by Gasteiger charge is -2.16. The van der Waals surface area contributed by atoms with Crippen LogP contribution in [0.4, 0.5) is 0 Å². The van der Waals surface area contributed by atoms with Gasteiger partial charge in [0.15, 0.2) is 0 Å². The highest BCUT2D eigenvalue weighted by Gasteiger charge is 2.25. The summed E-state index contributed by atoms with van der Waals surface area (Å²) in [5, 5.41) is 2.38.